The van der Waals surface area contributed by atoms with Crippen LogP contribution in [0.25, 0.3) is 11.0 Å². The second kappa shape index (κ2) is 11.0. The Hall–Kier alpha value is -3.42. The summed E-state index contributed by atoms with van der Waals surface area (Å²) in [7, 11) is 0. The molecule has 7 rings (SSSR count). The lowest BCUT2D eigenvalue weighted by atomic mass is 9.70. The zero-order valence-electron chi connectivity index (χ0n) is 24.1. The van der Waals surface area contributed by atoms with Gasteiger partial charge >= 0.3 is 0 Å². The topological polar surface area (TPSA) is 74.2 Å². The molecule has 2 aromatic heterocycles. The molecule has 3 fully saturated rings. The zero-order valence-corrected chi connectivity index (χ0v) is 24.9. The van der Waals surface area contributed by atoms with Gasteiger partial charge in [-0.1, -0.05) is 54.1 Å². The number of aryl methyl sites for hydroxylation is 1. The summed E-state index contributed by atoms with van der Waals surface area (Å²) in [5, 5.41) is 0.191. The van der Waals surface area contributed by atoms with Gasteiger partial charge in [-0.25, -0.2) is 4.98 Å². The lowest BCUT2D eigenvalue weighted by Crippen LogP contribution is -2.49. The molecule has 1 amide bonds. The predicted molar refractivity (Wildman–Crippen MR) is 166 cm³/mol. The van der Waals surface area contributed by atoms with E-state index in [9.17, 15) is 9.59 Å². The smallest absolute Gasteiger partial charge is 0.254 e. The Morgan fingerprint density at radius 3 is 2.38 bits per heavy atom. The number of aromatic nitrogens is 3. The molecule has 0 aliphatic carbocycles. The lowest BCUT2D eigenvalue weighted by molar-refractivity contribution is 0.0606. The summed E-state index contributed by atoms with van der Waals surface area (Å²) >= 11 is 6.04. The van der Waals surface area contributed by atoms with E-state index < -0.39 is 0 Å². The maximum absolute atomic E-state index is 13.3. The summed E-state index contributed by atoms with van der Waals surface area (Å²) in [5.74, 6) is 1.01. The molecule has 3 aliphatic rings. The summed E-state index contributed by atoms with van der Waals surface area (Å²) in [5.41, 5.74) is 3.77. The highest BCUT2D eigenvalue weighted by molar-refractivity contribution is 6.29. The number of carbonyl (C=O) groups is 1. The van der Waals surface area contributed by atoms with Gasteiger partial charge in [0.2, 0.25) is 5.56 Å². The fraction of sp³-hybridized carbons (Fsp3) is 0.441. The standard InChI is InChI=1S/C34H38ClN5O2/c1-23-36-29-9-5-6-10-30(29)40(23)28-21-26-11-12-27(22-28)39(26)18-15-34(25-7-3-2-4-8-25)13-16-38(17-14-34)33(42)24-19-31(35)37-32(41)20-24/h2-10,19-20,26-28H,11-18,21-22H2,1H3,(H,37,41). The van der Waals surface area contributed by atoms with Crippen molar-refractivity contribution >= 4 is 28.5 Å². The summed E-state index contributed by atoms with van der Waals surface area (Å²) in [6.07, 6.45) is 7.80. The molecular formula is C34H38ClN5O2. The van der Waals surface area contributed by atoms with E-state index in [1.165, 1.54) is 42.8 Å². The number of rotatable bonds is 6. The molecule has 2 bridgehead atoms. The Kier molecular flexibility index (Phi) is 7.19. The quantitative estimate of drug-likeness (QED) is 0.278. The molecular weight excluding hydrogens is 546 g/mol. The highest BCUT2D eigenvalue weighted by Gasteiger charge is 2.44. The number of nitrogens with zero attached hydrogens (tertiary/aromatic N) is 4. The number of para-hydroxylation sites is 2. The van der Waals surface area contributed by atoms with Gasteiger partial charge in [-0.05, 0) is 87.6 Å². The second-order valence-corrected chi connectivity index (χ2v) is 12.9. The summed E-state index contributed by atoms with van der Waals surface area (Å²) in [6, 6.07) is 24.0. The van der Waals surface area contributed by atoms with Crippen molar-refractivity contribution in [2.75, 3.05) is 19.6 Å². The van der Waals surface area contributed by atoms with Crippen LogP contribution in [0, 0.1) is 6.92 Å². The van der Waals surface area contributed by atoms with Gasteiger partial charge in [0.1, 0.15) is 11.0 Å². The number of hydrogen-bond donors (Lipinski definition) is 1. The van der Waals surface area contributed by atoms with Crippen LogP contribution in [0.3, 0.4) is 0 Å². The summed E-state index contributed by atoms with van der Waals surface area (Å²) in [4.78, 5) is 37.3. The highest BCUT2D eigenvalue weighted by atomic mass is 35.5. The Balaban J connectivity index is 1.07. The molecule has 7 nitrogen and oxygen atoms in total. The molecule has 5 heterocycles. The molecule has 0 spiro atoms. The van der Waals surface area contributed by atoms with Crippen molar-refractivity contribution in [2.24, 2.45) is 0 Å². The monoisotopic (exact) mass is 583 g/mol. The first kappa shape index (κ1) is 27.4. The van der Waals surface area contributed by atoms with Gasteiger partial charge in [-0.3, -0.25) is 14.5 Å². The molecule has 4 aromatic rings. The number of hydrogen-bond acceptors (Lipinski definition) is 4. The molecule has 2 unspecified atom stereocenters. The number of pyridine rings is 1. The van der Waals surface area contributed by atoms with Gasteiger partial charge in [0.15, 0.2) is 0 Å². The maximum atomic E-state index is 13.3. The Morgan fingerprint density at radius 2 is 1.67 bits per heavy atom. The van der Waals surface area contributed by atoms with Crippen LogP contribution < -0.4 is 5.56 Å². The van der Waals surface area contributed by atoms with E-state index in [2.05, 4.69) is 76.0 Å². The van der Waals surface area contributed by atoms with Crippen molar-refractivity contribution < 1.29 is 4.79 Å². The van der Waals surface area contributed by atoms with Gasteiger partial charge in [-0.15, -0.1) is 0 Å². The SMILES string of the molecule is Cc1nc2ccccc2n1C1CC2CCC(C1)N2CCC1(c2ccccc2)CCN(C(=O)c2cc(Cl)[nH]c(=O)c2)CC1. The molecule has 2 aromatic carbocycles. The zero-order chi connectivity index (χ0) is 28.8. The van der Waals surface area contributed by atoms with Crippen molar-refractivity contribution in [3.63, 3.8) is 0 Å². The number of benzene rings is 2. The van der Waals surface area contributed by atoms with E-state index >= 15 is 0 Å². The number of fused-ring (bicyclic) bond motifs is 3. The van der Waals surface area contributed by atoms with Gasteiger partial charge in [-0.2, -0.15) is 0 Å². The molecule has 8 heteroatoms. The third kappa shape index (κ3) is 4.96. The van der Waals surface area contributed by atoms with Gasteiger partial charge < -0.3 is 14.5 Å². The molecule has 3 aliphatic heterocycles. The van der Waals surface area contributed by atoms with E-state index in [1.807, 2.05) is 4.90 Å². The Morgan fingerprint density at radius 1 is 0.976 bits per heavy atom. The van der Waals surface area contributed by atoms with Crippen LogP contribution in [-0.2, 0) is 5.41 Å². The highest BCUT2D eigenvalue weighted by Crippen LogP contribution is 2.45. The van der Waals surface area contributed by atoms with Crippen molar-refractivity contribution in [2.45, 2.75) is 75.4 Å². The average molecular weight is 584 g/mol. The minimum atomic E-state index is -0.351. The van der Waals surface area contributed by atoms with E-state index in [4.69, 9.17) is 16.6 Å². The predicted octanol–water partition coefficient (Wildman–Crippen LogP) is 6.12. The van der Waals surface area contributed by atoms with E-state index in [1.54, 1.807) is 6.07 Å². The fourth-order valence-corrected chi connectivity index (χ4v) is 8.43. The number of amides is 1. The first-order valence-electron chi connectivity index (χ1n) is 15.3. The van der Waals surface area contributed by atoms with Gasteiger partial charge in [0.05, 0.1) is 11.0 Å². The maximum Gasteiger partial charge on any atom is 0.254 e. The summed E-state index contributed by atoms with van der Waals surface area (Å²) < 4.78 is 2.50. The van der Waals surface area contributed by atoms with Crippen molar-refractivity contribution in [1.29, 1.82) is 0 Å². The third-order valence-electron chi connectivity index (χ3n) is 10.3. The van der Waals surface area contributed by atoms with E-state index in [0.717, 1.165) is 37.1 Å². The number of aromatic amines is 1. The molecule has 42 heavy (non-hydrogen) atoms. The fourth-order valence-electron chi connectivity index (χ4n) is 8.22. The van der Waals surface area contributed by atoms with Crippen molar-refractivity contribution in [1.82, 2.24) is 24.3 Å². The number of likely N-dealkylation sites (tertiary alicyclic amines) is 1. The number of imidazole rings is 1. The van der Waals surface area contributed by atoms with Crippen LogP contribution in [-0.4, -0.2) is 62.0 Å². The average Bonchev–Trinajstić information content (AvgIpc) is 3.46. The molecule has 218 valence electrons. The van der Waals surface area contributed by atoms with Crippen LogP contribution in [0.2, 0.25) is 5.15 Å². The number of H-pyrrole nitrogens is 1. The number of carbonyl (C=O) groups excluding carboxylic acids is 1. The molecule has 1 N–H and O–H groups in total. The van der Waals surface area contributed by atoms with Crippen LogP contribution >= 0.6 is 11.6 Å². The van der Waals surface area contributed by atoms with Crippen LogP contribution in [0.1, 0.15) is 72.7 Å². The van der Waals surface area contributed by atoms with Crippen LogP contribution in [0.5, 0.6) is 0 Å². The minimum absolute atomic E-state index is 0.0251. The lowest BCUT2D eigenvalue weighted by Gasteiger charge is -2.45. The van der Waals surface area contributed by atoms with Crippen molar-refractivity contribution in [3.8, 4) is 0 Å². The van der Waals surface area contributed by atoms with E-state index in [0.29, 0.717) is 36.8 Å². The molecule has 0 saturated carbocycles. The van der Waals surface area contributed by atoms with Crippen molar-refractivity contribution in [3.05, 3.63) is 99.2 Å². The Bertz CT molecular complexity index is 1640. The molecule has 0 radical (unpaired) electrons. The normalized spacial score (nSPS) is 23.9. The first-order chi connectivity index (χ1) is 20.4. The Labute approximate surface area is 251 Å². The van der Waals surface area contributed by atoms with Crippen LogP contribution in [0.4, 0.5) is 0 Å². The van der Waals surface area contributed by atoms with E-state index in [-0.39, 0.29) is 22.0 Å². The first-order valence-corrected chi connectivity index (χ1v) is 15.7. The van der Waals surface area contributed by atoms with Gasteiger partial charge in [0.25, 0.3) is 5.91 Å². The molecule has 2 atom stereocenters. The number of nitrogens with one attached hydrogen (secondary N) is 1. The van der Waals surface area contributed by atoms with Crippen LogP contribution in [0.15, 0.2) is 71.5 Å². The third-order valence-corrected chi connectivity index (χ3v) is 10.5. The van der Waals surface area contributed by atoms with Gasteiger partial charge in [0, 0.05) is 42.8 Å². The minimum Gasteiger partial charge on any atom is -0.339 e. The molecule has 3 saturated heterocycles. The second-order valence-electron chi connectivity index (χ2n) is 12.5. The largest absolute Gasteiger partial charge is 0.339 e. The number of piperidine rings is 2. The number of halogens is 1. The summed E-state index contributed by atoms with van der Waals surface area (Å²) in [6.45, 7) is 4.57.